The van der Waals surface area contributed by atoms with Crippen LogP contribution in [-0.2, 0) is 14.8 Å². The van der Waals surface area contributed by atoms with Gasteiger partial charge in [0.05, 0.1) is 40.2 Å². The van der Waals surface area contributed by atoms with Crippen molar-refractivity contribution in [1.29, 1.82) is 0 Å². The van der Waals surface area contributed by atoms with Crippen LogP contribution in [0.2, 0.25) is 0 Å². The summed E-state index contributed by atoms with van der Waals surface area (Å²) in [7, 11) is 1.75. The molecule has 198 valence electrons. The van der Waals surface area contributed by atoms with E-state index in [9.17, 15) is 13.2 Å². The van der Waals surface area contributed by atoms with Crippen molar-refractivity contribution in [3.05, 3.63) is 71.8 Å². The number of sulfonamides is 1. The summed E-state index contributed by atoms with van der Waals surface area (Å²) in [6, 6.07) is 16.3. The van der Waals surface area contributed by atoms with Crippen LogP contribution in [0.25, 0.3) is 0 Å². The molecule has 3 rings (SSSR count). The van der Waals surface area contributed by atoms with Crippen LogP contribution in [0.15, 0.2) is 65.6 Å². The monoisotopic (exact) mass is 528 g/mol. The molecule has 0 spiro atoms. The molecule has 0 saturated heterocycles. The molecule has 0 aliphatic heterocycles. The molecule has 0 aliphatic rings. The molecule has 0 radical (unpaired) electrons. The number of nitrogens with one attached hydrogen (secondary N) is 1. The van der Waals surface area contributed by atoms with Crippen LogP contribution in [0.4, 0.5) is 5.69 Å². The van der Waals surface area contributed by atoms with Gasteiger partial charge in [-0.05, 0) is 61.4 Å². The van der Waals surface area contributed by atoms with Crippen LogP contribution in [0.5, 0.6) is 23.0 Å². The minimum atomic E-state index is -4.20. The van der Waals surface area contributed by atoms with Crippen molar-refractivity contribution in [2.45, 2.75) is 24.8 Å². The van der Waals surface area contributed by atoms with Gasteiger partial charge in [-0.15, -0.1) is 0 Å². The molecular formula is C27H32N2O7S. The number of carbonyl (C=O) groups excluding carboxylic acids is 1. The zero-order chi connectivity index (χ0) is 27.2. The van der Waals surface area contributed by atoms with Gasteiger partial charge in [-0.2, -0.15) is 0 Å². The highest BCUT2D eigenvalue weighted by Gasteiger charge is 2.31. The SMILES string of the molecule is COc1cccc(N(CC(=O)N[C@H](C)c2ccc(OC)c(OC)c2)S(=O)(=O)c2cc(C)ccc2OC)c1. The second kappa shape index (κ2) is 11.9. The Bertz CT molecular complexity index is 1360. The van der Waals surface area contributed by atoms with Crippen LogP contribution in [0, 0.1) is 6.92 Å². The van der Waals surface area contributed by atoms with E-state index >= 15 is 0 Å². The van der Waals surface area contributed by atoms with Crippen LogP contribution in [0.1, 0.15) is 24.1 Å². The van der Waals surface area contributed by atoms with Crippen LogP contribution < -0.4 is 28.6 Å². The maximum Gasteiger partial charge on any atom is 0.268 e. The summed E-state index contributed by atoms with van der Waals surface area (Å²) in [6.07, 6.45) is 0. The molecule has 1 N–H and O–H groups in total. The number of aryl methyl sites for hydroxylation is 1. The molecule has 1 amide bonds. The van der Waals surface area contributed by atoms with Crippen molar-refractivity contribution < 1.29 is 32.2 Å². The Morgan fingerprint density at radius 2 is 1.54 bits per heavy atom. The van der Waals surface area contributed by atoms with E-state index in [1.165, 1.54) is 27.4 Å². The van der Waals surface area contributed by atoms with E-state index in [1.54, 1.807) is 75.6 Å². The van der Waals surface area contributed by atoms with Crippen LogP contribution >= 0.6 is 0 Å². The number of methoxy groups -OCH3 is 4. The molecule has 37 heavy (non-hydrogen) atoms. The Labute approximate surface area is 218 Å². The third-order valence-corrected chi connectivity index (χ3v) is 7.60. The number of hydrogen-bond acceptors (Lipinski definition) is 7. The van der Waals surface area contributed by atoms with Gasteiger partial charge in [-0.25, -0.2) is 8.42 Å². The summed E-state index contributed by atoms with van der Waals surface area (Å²) in [6.45, 7) is 3.11. The number of rotatable bonds is 11. The van der Waals surface area contributed by atoms with Gasteiger partial charge in [0.25, 0.3) is 10.0 Å². The van der Waals surface area contributed by atoms with Gasteiger partial charge in [-0.3, -0.25) is 9.10 Å². The number of hydrogen-bond donors (Lipinski definition) is 1. The fraction of sp³-hybridized carbons (Fsp3) is 0.296. The Morgan fingerprint density at radius 3 is 2.19 bits per heavy atom. The first-order valence-corrected chi connectivity index (χ1v) is 12.9. The van der Waals surface area contributed by atoms with Crippen molar-refractivity contribution in [2.75, 3.05) is 39.3 Å². The Kier molecular flexibility index (Phi) is 8.88. The quantitative estimate of drug-likeness (QED) is 0.400. The molecule has 3 aromatic rings. The highest BCUT2D eigenvalue weighted by atomic mass is 32.2. The lowest BCUT2D eigenvalue weighted by Gasteiger charge is -2.26. The third kappa shape index (κ3) is 6.26. The first kappa shape index (κ1) is 27.7. The maximum atomic E-state index is 13.9. The zero-order valence-corrected chi connectivity index (χ0v) is 22.6. The predicted octanol–water partition coefficient (Wildman–Crippen LogP) is 4.10. The van der Waals surface area contributed by atoms with Crippen molar-refractivity contribution >= 4 is 21.6 Å². The highest BCUT2D eigenvalue weighted by Crippen LogP contribution is 2.33. The number of carbonyl (C=O) groups is 1. The van der Waals surface area contributed by atoms with Crippen molar-refractivity contribution in [2.24, 2.45) is 0 Å². The van der Waals surface area contributed by atoms with Crippen LogP contribution in [-0.4, -0.2) is 49.3 Å². The lowest BCUT2D eigenvalue weighted by atomic mass is 10.1. The number of ether oxygens (including phenoxy) is 4. The van der Waals surface area contributed by atoms with E-state index in [1.807, 2.05) is 0 Å². The largest absolute Gasteiger partial charge is 0.497 e. The summed E-state index contributed by atoms with van der Waals surface area (Å²) in [5.74, 6) is 1.21. The van der Waals surface area contributed by atoms with E-state index in [-0.39, 0.29) is 16.3 Å². The first-order chi connectivity index (χ1) is 17.6. The number of nitrogens with zero attached hydrogens (tertiary/aromatic N) is 1. The fourth-order valence-corrected chi connectivity index (χ4v) is 5.46. The smallest absolute Gasteiger partial charge is 0.268 e. The Morgan fingerprint density at radius 1 is 0.865 bits per heavy atom. The van der Waals surface area contributed by atoms with Crippen molar-refractivity contribution in [1.82, 2.24) is 5.32 Å². The molecule has 0 unspecified atom stereocenters. The summed E-state index contributed by atoms with van der Waals surface area (Å²) < 4.78 is 50.1. The van der Waals surface area contributed by atoms with E-state index < -0.39 is 28.5 Å². The Balaban J connectivity index is 1.96. The molecule has 0 fully saturated rings. The molecule has 0 bridgehead atoms. The maximum absolute atomic E-state index is 13.9. The standard InChI is InChI=1S/C27H32N2O7S/c1-18-10-12-24(35-5)26(14-18)37(31,32)29(21-8-7-9-22(16-21)33-3)17-27(30)28-19(2)20-11-13-23(34-4)25(15-20)36-6/h7-16,19H,17H2,1-6H3,(H,28,30)/t19-/m1/s1. The van der Waals surface area contributed by atoms with Gasteiger partial charge in [-0.1, -0.05) is 18.2 Å². The molecule has 10 heteroatoms. The van der Waals surface area contributed by atoms with Gasteiger partial charge in [0.1, 0.15) is 22.9 Å². The third-order valence-electron chi connectivity index (χ3n) is 5.80. The van der Waals surface area contributed by atoms with Crippen molar-refractivity contribution in [3.63, 3.8) is 0 Å². The van der Waals surface area contributed by atoms with Gasteiger partial charge < -0.3 is 24.3 Å². The Hall–Kier alpha value is -3.92. The van der Waals surface area contributed by atoms with Gasteiger partial charge in [0.15, 0.2) is 11.5 Å². The summed E-state index contributed by atoms with van der Waals surface area (Å²) in [5.41, 5.74) is 1.77. The number of anilines is 1. The fourth-order valence-electron chi connectivity index (χ4n) is 3.81. The van der Waals surface area contributed by atoms with Gasteiger partial charge >= 0.3 is 0 Å². The molecular weight excluding hydrogens is 496 g/mol. The number of benzene rings is 3. The average molecular weight is 529 g/mol. The highest BCUT2D eigenvalue weighted by molar-refractivity contribution is 7.93. The molecule has 9 nitrogen and oxygen atoms in total. The molecule has 0 aromatic heterocycles. The number of amides is 1. The summed E-state index contributed by atoms with van der Waals surface area (Å²) >= 11 is 0. The van der Waals surface area contributed by atoms with Crippen molar-refractivity contribution in [3.8, 4) is 23.0 Å². The normalized spacial score (nSPS) is 11.8. The lowest BCUT2D eigenvalue weighted by Crippen LogP contribution is -2.41. The molecule has 0 heterocycles. The van der Waals surface area contributed by atoms with E-state index in [4.69, 9.17) is 18.9 Å². The van der Waals surface area contributed by atoms with E-state index in [0.29, 0.717) is 17.2 Å². The van der Waals surface area contributed by atoms with Crippen LogP contribution in [0.3, 0.4) is 0 Å². The lowest BCUT2D eigenvalue weighted by molar-refractivity contribution is -0.120. The van der Waals surface area contributed by atoms with Gasteiger partial charge in [0.2, 0.25) is 5.91 Å². The minimum absolute atomic E-state index is 0.0430. The second-order valence-electron chi connectivity index (χ2n) is 8.27. The zero-order valence-electron chi connectivity index (χ0n) is 21.8. The topological polar surface area (TPSA) is 103 Å². The second-order valence-corrected chi connectivity index (χ2v) is 10.1. The molecule has 3 aromatic carbocycles. The average Bonchev–Trinajstić information content (AvgIpc) is 2.91. The van der Waals surface area contributed by atoms with E-state index in [0.717, 1.165) is 15.4 Å². The summed E-state index contributed by atoms with van der Waals surface area (Å²) in [4.78, 5) is 13.2. The minimum Gasteiger partial charge on any atom is -0.497 e. The molecule has 1 atom stereocenters. The summed E-state index contributed by atoms with van der Waals surface area (Å²) in [5, 5.41) is 2.87. The van der Waals surface area contributed by atoms with Gasteiger partial charge in [0, 0.05) is 6.07 Å². The van der Waals surface area contributed by atoms with E-state index in [2.05, 4.69) is 5.32 Å². The first-order valence-electron chi connectivity index (χ1n) is 11.5. The molecule has 0 aliphatic carbocycles. The molecule has 0 saturated carbocycles. The predicted molar refractivity (Wildman–Crippen MR) is 141 cm³/mol.